The molecular formula is C21H25N5O. The Bertz CT molecular complexity index is 877. The summed E-state index contributed by atoms with van der Waals surface area (Å²) in [5.74, 6) is 0.748. The normalized spacial score (nSPS) is 15.0. The van der Waals surface area contributed by atoms with Gasteiger partial charge in [0, 0.05) is 38.1 Å². The molecule has 0 saturated carbocycles. The number of hydrogen-bond donors (Lipinski definition) is 1. The van der Waals surface area contributed by atoms with Gasteiger partial charge in [-0.2, -0.15) is 0 Å². The van der Waals surface area contributed by atoms with Crippen molar-refractivity contribution in [3.8, 4) is 0 Å². The molecule has 6 nitrogen and oxygen atoms in total. The van der Waals surface area contributed by atoms with Gasteiger partial charge in [-0.3, -0.25) is 14.1 Å². The van der Waals surface area contributed by atoms with Gasteiger partial charge in [0.2, 0.25) is 11.7 Å². The van der Waals surface area contributed by atoms with Crippen molar-refractivity contribution in [2.45, 2.75) is 45.3 Å². The second-order valence-corrected chi connectivity index (χ2v) is 7.10. The van der Waals surface area contributed by atoms with Gasteiger partial charge >= 0.3 is 0 Å². The Balaban J connectivity index is 1.27. The van der Waals surface area contributed by atoms with E-state index in [4.69, 9.17) is 0 Å². The Labute approximate surface area is 159 Å². The third-order valence-corrected chi connectivity index (χ3v) is 5.14. The van der Waals surface area contributed by atoms with Crippen molar-refractivity contribution in [1.29, 1.82) is 0 Å². The highest BCUT2D eigenvalue weighted by molar-refractivity contribution is 5.76. The predicted octanol–water partition coefficient (Wildman–Crippen LogP) is 3.09. The summed E-state index contributed by atoms with van der Waals surface area (Å²) in [5, 5.41) is 3.13. The maximum Gasteiger partial charge on any atom is 0.233 e. The molecule has 6 heteroatoms. The number of carbonyl (C=O) groups is 1. The zero-order valence-electron chi connectivity index (χ0n) is 15.6. The maximum atomic E-state index is 12.4. The molecule has 0 fully saturated rings. The van der Waals surface area contributed by atoms with Gasteiger partial charge in [-0.15, -0.1) is 0 Å². The van der Waals surface area contributed by atoms with E-state index >= 15 is 0 Å². The van der Waals surface area contributed by atoms with Crippen LogP contribution in [0, 0.1) is 0 Å². The van der Waals surface area contributed by atoms with Gasteiger partial charge in [-0.05, 0) is 36.6 Å². The summed E-state index contributed by atoms with van der Waals surface area (Å²) < 4.78 is 1.88. The number of amides is 1. The quantitative estimate of drug-likeness (QED) is 0.701. The lowest BCUT2D eigenvalue weighted by molar-refractivity contribution is -0.122. The Morgan fingerprint density at radius 1 is 1.22 bits per heavy atom. The molecular weight excluding hydrogens is 338 g/mol. The van der Waals surface area contributed by atoms with Crippen LogP contribution in [-0.4, -0.2) is 31.7 Å². The molecule has 1 aliphatic rings. The third kappa shape index (κ3) is 4.01. The smallest absolute Gasteiger partial charge is 0.233 e. The van der Waals surface area contributed by atoms with E-state index < -0.39 is 0 Å². The number of nitrogens with zero attached hydrogens (tertiary/aromatic N) is 4. The molecule has 2 aromatic heterocycles. The van der Waals surface area contributed by atoms with Crippen molar-refractivity contribution in [1.82, 2.24) is 24.6 Å². The number of benzene rings is 1. The highest BCUT2D eigenvalue weighted by Gasteiger charge is 2.19. The van der Waals surface area contributed by atoms with E-state index in [0.717, 1.165) is 38.2 Å². The Morgan fingerprint density at radius 2 is 2.00 bits per heavy atom. The molecule has 0 aliphatic carbocycles. The standard InChI is InChI=1S/C21H25N5O/c1-2-18(19-15-26-12-6-10-22-21(26)24-19)23-20(27)9-5-11-25-13-16-7-3-4-8-17(16)14-25/h3-4,6-8,10,12,15,18H,2,5,9,11,13-14H2,1H3,(H,23,27)/t18-/m1/s1. The van der Waals surface area contributed by atoms with E-state index in [2.05, 4.69) is 51.4 Å². The second-order valence-electron chi connectivity index (χ2n) is 7.10. The van der Waals surface area contributed by atoms with Crippen LogP contribution in [0.2, 0.25) is 0 Å². The molecule has 3 heterocycles. The molecule has 1 aliphatic heterocycles. The van der Waals surface area contributed by atoms with E-state index in [0.29, 0.717) is 12.2 Å². The topological polar surface area (TPSA) is 62.5 Å². The molecule has 0 radical (unpaired) electrons. The minimum absolute atomic E-state index is 0.0739. The fourth-order valence-electron chi connectivity index (χ4n) is 3.69. The summed E-state index contributed by atoms with van der Waals surface area (Å²) in [6, 6.07) is 10.4. The van der Waals surface area contributed by atoms with Crippen LogP contribution in [0.15, 0.2) is 48.9 Å². The molecule has 0 saturated heterocycles. The van der Waals surface area contributed by atoms with Gasteiger partial charge in [-0.1, -0.05) is 31.2 Å². The number of imidazole rings is 1. The monoisotopic (exact) mass is 363 g/mol. The highest BCUT2D eigenvalue weighted by Crippen LogP contribution is 2.22. The van der Waals surface area contributed by atoms with E-state index in [-0.39, 0.29) is 11.9 Å². The van der Waals surface area contributed by atoms with E-state index in [1.807, 2.05) is 22.9 Å². The Kier molecular flexibility index (Phi) is 5.16. The van der Waals surface area contributed by atoms with Gasteiger partial charge in [-0.25, -0.2) is 9.97 Å². The molecule has 27 heavy (non-hydrogen) atoms. The molecule has 4 rings (SSSR count). The Hall–Kier alpha value is -2.73. The zero-order chi connectivity index (χ0) is 18.6. The van der Waals surface area contributed by atoms with Crippen LogP contribution in [-0.2, 0) is 17.9 Å². The van der Waals surface area contributed by atoms with Crippen molar-refractivity contribution in [2.75, 3.05) is 6.54 Å². The van der Waals surface area contributed by atoms with Crippen molar-refractivity contribution in [2.24, 2.45) is 0 Å². The van der Waals surface area contributed by atoms with Crippen LogP contribution in [0.4, 0.5) is 0 Å². The van der Waals surface area contributed by atoms with Crippen LogP contribution >= 0.6 is 0 Å². The Morgan fingerprint density at radius 3 is 2.70 bits per heavy atom. The molecule has 3 aromatic rings. The van der Waals surface area contributed by atoms with E-state index in [9.17, 15) is 4.79 Å². The average Bonchev–Trinajstić information content (AvgIpc) is 3.29. The van der Waals surface area contributed by atoms with Crippen LogP contribution < -0.4 is 5.32 Å². The molecule has 1 atom stereocenters. The van der Waals surface area contributed by atoms with Crippen LogP contribution in [0.25, 0.3) is 5.78 Å². The minimum atomic E-state index is -0.0739. The number of fused-ring (bicyclic) bond motifs is 2. The van der Waals surface area contributed by atoms with Crippen molar-refractivity contribution in [3.63, 3.8) is 0 Å². The maximum absolute atomic E-state index is 12.4. The van der Waals surface area contributed by atoms with E-state index in [1.165, 1.54) is 11.1 Å². The summed E-state index contributed by atoms with van der Waals surface area (Å²) in [4.78, 5) is 23.6. The largest absolute Gasteiger partial charge is 0.348 e. The van der Waals surface area contributed by atoms with Crippen molar-refractivity contribution in [3.05, 3.63) is 65.7 Å². The molecule has 1 amide bonds. The first-order chi connectivity index (χ1) is 13.2. The fourth-order valence-corrected chi connectivity index (χ4v) is 3.69. The van der Waals surface area contributed by atoms with Gasteiger partial charge in [0.1, 0.15) is 0 Å². The van der Waals surface area contributed by atoms with Crippen molar-refractivity contribution < 1.29 is 4.79 Å². The van der Waals surface area contributed by atoms with E-state index in [1.54, 1.807) is 6.20 Å². The van der Waals surface area contributed by atoms with Crippen LogP contribution in [0.5, 0.6) is 0 Å². The number of aromatic nitrogens is 3. The zero-order valence-corrected chi connectivity index (χ0v) is 15.6. The van der Waals surface area contributed by atoms with Gasteiger partial charge < -0.3 is 5.32 Å². The lowest BCUT2D eigenvalue weighted by atomic mass is 10.1. The lowest BCUT2D eigenvalue weighted by Crippen LogP contribution is -2.29. The predicted molar refractivity (Wildman–Crippen MR) is 104 cm³/mol. The fraction of sp³-hybridized carbons (Fsp3) is 0.381. The summed E-state index contributed by atoms with van der Waals surface area (Å²) in [7, 11) is 0. The van der Waals surface area contributed by atoms with Gasteiger partial charge in [0.05, 0.1) is 11.7 Å². The van der Waals surface area contributed by atoms with Gasteiger partial charge in [0.15, 0.2) is 0 Å². The molecule has 0 bridgehead atoms. The molecule has 1 N–H and O–H groups in total. The second kappa shape index (κ2) is 7.88. The summed E-state index contributed by atoms with van der Waals surface area (Å²) >= 11 is 0. The minimum Gasteiger partial charge on any atom is -0.348 e. The number of carbonyl (C=O) groups excluding carboxylic acids is 1. The van der Waals surface area contributed by atoms with Crippen molar-refractivity contribution >= 4 is 11.7 Å². The van der Waals surface area contributed by atoms with Crippen LogP contribution in [0.3, 0.4) is 0 Å². The number of hydrogen-bond acceptors (Lipinski definition) is 4. The highest BCUT2D eigenvalue weighted by atomic mass is 16.1. The van der Waals surface area contributed by atoms with Crippen LogP contribution in [0.1, 0.15) is 49.0 Å². The number of rotatable bonds is 7. The summed E-state index contributed by atoms with van der Waals surface area (Å²) in [5.41, 5.74) is 3.68. The number of nitrogens with one attached hydrogen (secondary N) is 1. The first-order valence-corrected chi connectivity index (χ1v) is 9.61. The molecule has 0 unspecified atom stereocenters. The molecule has 1 aromatic carbocycles. The molecule has 140 valence electrons. The summed E-state index contributed by atoms with van der Waals surface area (Å²) in [6.07, 6.45) is 7.79. The lowest BCUT2D eigenvalue weighted by Gasteiger charge is -2.17. The van der Waals surface area contributed by atoms with Gasteiger partial charge in [0.25, 0.3) is 0 Å². The first-order valence-electron chi connectivity index (χ1n) is 9.61. The average molecular weight is 363 g/mol. The molecule has 0 spiro atoms. The first kappa shape index (κ1) is 17.7. The third-order valence-electron chi connectivity index (χ3n) is 5.14. The summed E-state index contributed by atoms with van der Waals surface area (Å²) in [6.45, 7) is 4.98. The SMILES string of the molecule is CC[C@@H](NC(=O)CCCN1Cc2ccccc2C1)c1cn2cccnc2n1.